The number of hydrogen-bond donors (Lipinski definition) is 13. The molecule has 0 spiro atoms. The number of amides is 8. The highest BCUT2D eigenvalue weighted by Gasteiger charge is 2.47. The van der Waals surface area contributed by atoms with Gasteiger partial charge in [0.05, 0.1) is 61.3 Å². The molecule has 0 radical (unpaired) electrons. The molecule has 9 atom stereocenters. The van der Waals surface area contributed by atoms with Crippen molar-refractivity contribution in [3.8, 4) is 22.5 Å². The van der Waals surface area contributed by atoms with Crippen molar-refractivity contribution in [3.63, 3.8) is 0 Å². The molecular weight excluding hydrogens is 1300 g/mol. The van der Waals surface area contributed by atoms with E-state index in [0.29, 0.717) is 45.9 Å². The molecule has 4 aromatic carbocycles. The first kappa shape index (κ1) is 69.6. The molecule has 29 nitrogen and oxygen atoms in total. The van der Waals surface area contributed by atoms with Crippen LogP contribution in [0.4, 0.5) is 4.79 Å². The van der Waals surface area contributed by atoms with E-state index in [1.54, 1.807) is 49.4 Å². The van der Waals surface area contributed by atoms with Gasteiger partial charge in [0.1, 0.15) is 69.2 Å². The first-order valence-corrected chi connectivity index (χ1v) is 32.3. The van der Waals surface area contributed by atoms with Crippen molar-refractivity contribution >= 4 is 75.9 Å². The van der Waals surface area contributed by atoms with Crippen LogP contribution in [0.5, 0.6) is 0 Å². The molecule has 2 aliphatic carbocycles. The van der Waals surface area contributed by atoms with Crippen LogP contribution in [-0.2, 0) is 88.9 Å². The van der Waals surface area contributed by atoms with Gasteiger partial charge in [0.2, 0.25) is 41.4 Å². The molecule has 516 valence electrons. The van der Waals surface area contributed by atoms with E-state index >= 15 is 0 Å². The number of ether oxygens (including phenoxy) is 4. The molecule has 13 N–H and O–H groups in total. The molecule has 98 heavy (non-hydrogen) atoms. The zero-order chi connectivity index (χ0) is 69.5. The van der Waals surface area contributed by atoms with Crippen LogP contribution in [0.1, 0.15) is 89.1 Å². The van der Waals surface area contributed by atoms with Crippen LogP contribution >= 0.6 is 11.6 Å². The summed E-state index contributed by atoms with van der Waals surface area (Å²) in [5.41, 5.74) is 5.85. The standard InChI is InChI=1S/C68H73ClN10O19/c1-2-68(94)44-23-49-59-41(28-79(49)65(91)43(44)31-96-66(68)92)58-45(17-16-35-21-36(69)22-47(77-59)57(35)58)75-56(85)32-95-33-74-54(83)26-73-64(90)48(20-34-10-4-3-5-11-34)76-55(84)27-71-53(82)25-72-63(89)46(18-19-52(81)70-24-50-60(86)62(88)61(87)51(29-80)98-50)78-67(93)97-30-42-39-14-8-6-12-37(39)38-13-7-9-15-40(38)42/h3-15,21-23,42,45-46,48,50-51,60-62,80,86-88,94H,2,16-20,24-33H2,1H3,(H,70,81)(H,71,82)(H,72,89)(H,73,90)(H,74,83)(H,75,85)(H,76,84)(H,78,93)/t45-,46-,48-,50-,51+,60-,61+,62+,68-/m0/s1. The summed E-state index contributed by atoms with van der Waals surface area (Å²) in [4.78, 5) is 139. The Morgan fingerprint density at radius 1 is 0.745 bits per heavy atom. The van der Waals surface area contributed by atoms with Gasteiger partial charge < -0.3 is 91.6 Å². The van der Waals surface area contributed by atoms with Gasteiger partial charge >= 0.3 is 12.1 Å². The number of carbonyl (C=O) groups is 9. The predicted octanol–water partition coefficient (Wildman–Crippen LogP) is -0.351. The number of pyridine rings is 2. The summed E-state index contributed by atoms with van der Waals surface area (Å²) in [6, 6.07) is 25.6. The SMILES string of the molecule is CC[C@@]1(O)C(=O)OCc2c1cc1n(c2=O)Cc2c-1nc1cc(Cl)cc3c1c2[C@@H](NC(=O)COCNC(=O)CNC(=O)[C@H](Cc1ccccc1)NC(=O)CNC(=O)CNC(=O)[C@H](CCC(=O)NC[C@@H]1O[C@H](CO)[C@@H](O)[C@H](O)[C@H]1O)NC(=O)OCC1c2ccccc2-c2ccccc21)CC3. The second kappa shape index (κ2) is 30.4. The second-order valence-electron chi connectivity index (χ2n) is 24.4. The number of carbonyl (C=O) groups excluding carboxylic acids is 9. The number of nitrogens with one attached hydrogen (secondary N) is 8. The van der Waals surface area contributed by atoms with E-state index < -0.39 is 159 Å². The number of alkyl carbamates (subject to hydrolysis) is 1. The summed E-state index contributed by atoms with van der Waals surface area (Å²) in [7, 11) is 0. The fraction of sp³-hybridized carbons (Fsp3) is 0.397. The third kappa shape index (κ3) is 15.0. The van der Waals surface area contributed by atoms with Gasteiger partial charge in [0, 0.05) is 46.8 Å². The lowest BCUT2D eigenvalue weighted by Gasteiger charge is -2.40. The molecule has 1 fully saturated rings. The normalized spacial score (nSPS) is 20.7. The number of aryl methyl sites for hydroxylation is 1. The highest BCUT2D eigenvalue weighted by atomic mass is 35.5. The number of aliphatic hydroxyl groups excluding tert-OH is 4. The third-order valence-corrected chi connectivity index (χ3v) is 18.4. The van der Waals surface area contributed by atoms with Crippen molar-refractivity contribution in [1.82, 2.24) is 52.1 Å². The summed E-state index contributed by atoms with van der Waals surface area (Å²) in [5, 5.41) is 73.2. The number of aliphatic hydroxyl groups is 5. The third-order valence-electron chi connectivity index (χ3n) is 18.2. The highest BCUT2D eigenvalue weighted by Crippen LogP contribution is 2.47. The van der Waals surface area contributed by atoms with Crippen molar-refractivity contribution in [2.24, 2.45) is 0 Å². The van der Waals surface area contributed by atoms with E-state index in [1.807, 2.05) is 54.6 Å². The first-order valence-electron chi connectivity index (χ1n) is 31.9. The zero-order valence-corrected chi connectivity index (χ0v) is 53.7. The lowest BCUT2D eigenvalue weighted by Crippen LogP contribution is -2.60. The molecule has 0 unspecified atom stereocenters. The fourth-order valence-corrected chi connectivity index (χ4v) is 13.4. The average Bonchev–Trinajstić information content (AvgIpc) is 1.51. The summed E-state index contributed by atoms with van der Waals surface area (Å²) in [6.45, 7) is -2.74. The summed E-state index contributed by atoms with van der Waals surface area (Å²) in [5.74, 6) is -6.55. The lowest BCUT2D eigenvalue weighted by molar-refractivity contribution is -0.227. The number of hydrogen-bond acceptors (Lipinski definition) is 20. The van der Waals surface area contributed by atoms with Crippen molar-refractivity contribution in [2.75, 3.05) is 52.7 Å². The Bertz CT molecular complexity index is 4130. The molecule has 5 heterocycles. The molecule has 5 aliphatic rings. The smallest absolute Gasteiger partial charge is 0.407 e. The number of esters is 1. The molecule has 8 amide bonds. The Balaban J connectivity index is 0.653. The number of cyclic esters (lactones) is 1. The molecule has 6 aromatic rings. The molecule has 0 saturated carbocycles. The Morgan fingerprint density at radius 2 is 1.41 bits per heavy atom. The quantitative estimate of drug-likeness (QED) is 0.0187. The monoisotopic (exact) mass is 1370 g/mol. The maximum absolute atomic E-state index is 14.0. The number of aromatic nitrogens is 2. The molecule has 30 heteroatoms. The number of nitrogens with zero attached hydrogens (tertiary/aromatic N) is 2. The van der Waals surface area contributed by atoms with Crippen LogP contribution in [0.2, 0.25) is 5.02 Å². The minimum atomic E-state index is -2.04. The van der Waals surface area contributed by atoms with E-state index in [2.05, 4.69) is 42.5 Å². The Labute approximate surface area is 564 Å². The van der Waals surface area contributed by atoms with Gasteiger partial charge in [-0.05, 0) is 82.8 Å². The second-order valence-corrected chi connectivity index (χ2v) is 24.9. The van der Waals surface area contributed by atoms with Gasteiger partial charge in [-0.3, -0.25) is 38.4 Å². The van der Waals surface area contributed by atoms with Crippen LogP contribution in [0.3, 0.4) is 0 Å². The summed E-state index contributed by atoms with van der Waals surface area (Å²) >= 11 is 6.57. The van der Waals surface area contributed by atoms with Gasteiger partial charge in [-0.15, -0.1) is 0 Å². The van der Waals surface area contributed by atoms with Gasteiger partial charge in [-0.25, -0.2) is 14.6 Å². The molecule has 2 aromatic heterocycles. The van der Waals surface area contributed by atoms with E-state index in [9.17, 15) is 73.5 Å². The van der Waals surface area contributed by atoms with Crippen LogP contribution in [0.15, 0.2) is 102 Å². The van der Waals surface area contributed by atoms with Gasteiger partial charge in [-0.2, -0.15) is 0 Å². The maximum Gasteiger partial charge on any atom is 0.407 e. The van der Waals surface area contributed by atoms with E-state index in [1.165, 1.54) is 4.57 Å². The van der Waals surface area contributed by atoms with Crippen LogP contribution in [0, 0.1) is 0 Å². The van der Waals surface area contributed by atoms with E-state index in [4.69, 9.17) is 35.5 Å². The molecular formula is C68H73ClN10O19. The maximum atomic E-state index is 14.0. The fourth-order valence-electron chi connectivity index (χ4n) is 13.1. The van der Waals surface area contributed by atoms with Crippen LogP contribution in [-0.4, -0.2) is 184 Å². The molecule has 0 bridgehead atoms. The van der Waals surface area contributed by atoms with Crippen molar-refractivity contribution in [1.29, 1.82) is 0 Å². The summed E-state index contributed by atoms with van der Waals surface area (Å²) in [6.07, 6.45) is -8.31. The van der Waals surface area contributed by atoms with Crippen LogP contribution < -0.4 is 48.1 Å². The minimum Gasteiger partial charge on any atom is -0.458 e. The van der Waals surface area contributed by atoms with Crippen molar-refractivity contribution < 1.29 is 87.6 Å². The Hall–Kier alpha value is -9.72. The average molecular weight is 1370 g/mol. The van der Waals surface area contributed by atoms with E-state index in [-0.39, 0.29) is 62.6 Å². The van der Waals surface area contributed by atoms with Gasteiger partial charge in [0.15, 0.2) is 5.60 Å². The largest absolute Gasteiger partial charge is 0.458 e. The topological polar surface area (TPSA) is 423 Å². The molecule has 11 rings (SSSR count). The number of benzene rings is 4. The van der Waals surface area contributed by atoms with Gasteiger partial charge in [-0.1, -0.05) is 97.4 Å². The Kier molecular flexibility index (Phi) is 21.6. The highest BCUT2D eigenvalue weighted by molar-refractivity contribution is 6.31. The molecule has 3 aliphatic heterocycles. The molecule has 1 saturated heterocycles. The summed E-state index contributed by atoms with van der Waals surface area (Å²) < 4.78 is 23.4. The Morgan fingerprint density at radius 3 is 2.11 bits per heavy atom. The van der Waals surface area contributed by atoms with Crippen molar-refractivity contribution in [2.45, 2.75) is 119 Å². The predicted molar refractivity (Wildman–Crippen MR) is 347 cm³/mol. The zero-order valence-electron chi connectivity index (χ0n) is 53.0. The number of halogens is 1. The number of fused-ring (bicyclic) bond motifs is 8. The first-order chi connectivity index (χ1) is 47.1. The lowest BCUT2D eigenvalue weighted by atomic mass is 9.83. The van der Waals surface area contributed by atoms with Crippen LogP contribution in [0.25, 0.3) is 33.4 Å². The van der Waals surface area contributed by atoms with Crippen molar-refractivity contribution in [3.05, 3.63) is 157 Å². The van der Waals surface area contributed by atoms with E-state index in [0.717, 1.165) is 38.8 Å². The minimum absolute atomic E-state index is 0.0386. The number of rotatable bonds is 26. The van der Waals surface area contributed by atoms with Gasteiger partial charge in [0.25, 0.3) is 5.56 Å².